The van der Waals surface area contributed by atoms with Crippen molar-refractivity contribution in [3.8, 4) is 0 Å². The van der Waals surface area contributed by atoms with E-state index in [2.05, 4.69) is 0 Å². The minimum atomic E-state index is -0.217. The number of hydrogen-bond acceptors (Lipinski definition) is 2. The van der Waals surface area contributed by atoms with Crippen molar-refractivity contribution in [3.05, 3.63) is 35.1 Å². The highest BCUT2D eigenvalue weighted by atomic mass is 19.1. The summed E-state index contributed by atoms with van der Waals surface area (Å²) in [6.07, 6.45) is 6.35. The maximum absolute atomic E-state index is 13.4. The van der Waals surface area contributed by atoms with Crippen molar-refractivity contribution in [2.75, 3.05) is 6.61 Å². The summed E-state index contributed by atoms with van der Waals surface area (Å²) in [7, 11) is 0. The van der Waals surface area contributed by atoms with Crippen LogP contribution in [0.2, 0.25) is 0 Å². The molecular weight excluding hydrogens is 253 g/mol. The minimum Gasteiger partial charge on any atom is -0.374 e. The van der Waals surface area contributed by atoms with Crippen LogP contribution in [0.15, 0.2) is 18.2 Å². The van der Waals surface area contributed by atoms with E-state index in [9.17, 15) is 4.39 Å². The molecule has 20 heavy (non-hydrogen) atoms. The number of nitrogens with two attached hydrogens (primary N) is 1. The quantitative estimate of drug-likeness (QED) is 0.891. The van der Waals surface area contributed by atoms with Gasteiger partial charge in [0.15, 0.2) is 0 Å². The molecule has 0 radical (unpaired) electrons. The van der Waals surface area contributed by atoms with Crippen LogP contribution in [-0.4, -0.2) is 18.2 Å². The third-order valence-corrected chi connectivity index (χ3v) is 4.56. The van der Waals surface area contributed by atoms with Crippen LogP contribution >= 0.6 is 0 Å². The average Bonchev–Trinajstić information content (AvgIpc) is 2.44. The first-order chi connectivity index (χ1) is 9.57. The first-order valence-corrected chi connectivity index (χ1v) is 7.72. The van der Waals surface area contributed by atoms with E-state index in [4.69, 9.17) is 10.5 Å². The van der Waals surface area contributed by atoms with E-state index in [0.717, 1.165) is 24.0 Å². The van der Waals surface area contributed by atoms with Crippen molar-refractivity contribution >= 4 is 0 Å². The number of ether oxygens (including phenoxy) is 1. The Labute approximate surface area is 121 Å². The van der Waals surface area contributed by atoms with Gasteiger partial charge in [0.25, 0.3) is 0 Å². The molecule has 2 nitrogen and oxygen atoms in total. The Hall–Kier alpha value is -0.930. The van der Waals surface area contributed by atoms with Crippen LogP contribution in [0.5, 0.6) is 0 Å². The van der Waals surface area contributed by atoms with E-state index >= 15 is 0 Å². The third-order valence-electron chi connectivity index (χ3n) is 4.56. The van der Waals surface area contributed by atoms with E-state index in [0.29, 0.717) is 13.0 Å². The molecule has 2 rings (SSSR count). The summed E-state index contributed by atoms with van der Waals surface area (Å²) in [4.78, 5) is 0. The molecule has 0 spiro atoms. The van der Waals surface area contributed by atoms with Crippen molar-refractivity contribution in [1.29, 1.82) is 0 Å². The lowest BCUT2D eigenvalue weighted by molar-refractivity contribution is -0.0818. The average molecular weight is 279 g/mol. The lowest BCUT2D eigenvalue weighted by atomic mass is 9.77. The molecule has 1 aromatic carbocycles. The van der Waals surface area contributed by atoms with Crippen LogP contribution in [0.3, 0.4) is 0 Å². The van der Waals surface area contributed by atoms with Crippen molar-refractivity contribution in [2.45, 2.75) is 64.0 Å². The van der Waals surface area contributed by atoms with Crippen LogP contribution < -0.4 is 5.73 Å². The zero-order valence-electron chi connectivity index (χ0n) is 12.6. The van der Waals surface area contributed by atoms with Crippen molar-refractivity contribution < 1.29 is 9.13 Å². The molecule has 1 fully saturated rings. The number of hydrogen-bond donors (Lipinski definition) is 1. The fraction of sp³-hybridized carbons (Fsp3) is 0.647. The van der Waals surface area contributed by atoms with Gasteiger partial charge >= 0.3 is 0 Å². The Balaban J connectivity index is 2.15. The standard InChI is InChI=1S/C17H26FNO/c1-3-20-17(9-5-4-6-10-17)16(19)12-14-11-15(18)8-7-13(14)2/h7-8,11,16H,3-6,9-10,12,19H2,1-2H3. The third kappa shape index (κ3) is 3.39. The van der Waals surface area contributed by atoms with Gasteiger partial charge in [-0.05, 0) is 56.4 Å². The molecule has 0 bridgehead atoms. The Kier molecular flexibility index (Phi) is 5.17. The molecule has 0 heterocycles. The fourth-order valence-electron chi connectivity index (χ4n) is 3.34. The highest BCUT2D eigenvalue weighted by Gasteiger charge is 2.38. The Morgan fingerprint density at radius 2 is 2.00 bits per heavy atom. The molecule has 1 aliphatic carbocycles. The summed E-state index contributed by atoms with van der Waals surface area (Å²) in [5, 5.41) is 0. The zero-order chi connectivity index (χ0) is 14.6. The van der Waals surface area contributed by atoms with Gasteiger partial charge in [0.1, 0.15) is 5.82 Å². The second-order valence-corrected chi connectivity index (χ2v) is 5.94. The summed E-state index contributed by atoms with van der Waals surface area (Å²) in [5.41, 5.74) is 8.36. The predicted octanol–water partition coefficient (Wildman–Crippen LogP) is 3.74. The first kappa shape index (κ1) is 15.5. The number of benzene rings is 1. The van der Waals surface area contributed by atoms with Crippen LogP contribution in [-0.2, 0) is 11.2 Å². The highest BCUT2D eigenvalue weighted by molar-refractivity contribution is 5.28. The van der Waals surface area contributed by atoms with E-state index < -0.39 is 0 Å². The molecule has 1 atom stereocenters. The van der Waals surface area contributed by atoms with E-state index in [1.54, 1.807) is 6.07 Å². The summed E-state index contributed by atoms with van der Waals surface area (Å²) < 4.78 is 19.5. The second-order valence-electron chi connectivity index (χ2n) is 5.94. The Morgan fingerprint density at radius 3 is 2.65 bits per heavy atom. The fourth-order valence-corrected chi connectivity index (χ4v) is 3.34. The van der Waals surface area contributed by atoms with Crippen LogP contribution in [0.25, 0.3) is 0 Å². The van der Waals surface area contributed by atoms with Gasteiger partial charge in [0.2, 0.25) is 0 Å². The molecule has 1 aliphatic rings. The maximum Gasteiger partial charge on any atom is 0.123 e. The van der Waals surface area contributed by atoms with E-state index in [1.807, 2.05) is 19.9 Å². The molecule has 3 heteroatoms. The number of aryl methyl sites for hydroxylation is 1. The summed E-state index contributed by atoms with van der Waals surface area (Å²) in [6, 6.07) is 4.87. The van der Waals surface area contributed by atoms with Crippen molar-refractivity contribution in [1.82, 2.24) is 0 Å². The molecule has 1 aromatic rings. The summed E-state index contributed by atoms with van der Waals surface area (Å²) >= 11 is 0. The number of halogens is 1. The van der Waals surface area contributed by atoms with E-state index in [1.165, 1.54) is 25.3 Å². The van der Waals surface area contributed by atoms with Gasteiger partial charge in [-0.25, -0.2) is 4.39 Å². The van der Waals surface area contributed by atoms with Gasteiger partial charge in [-0.3, -0.25) is 0 Å². The number of rotatable bonds is 5. The summed E-state index contributed by atoms with van der Waals surface area (Å²) in [6.45, 7) is 4.72. The maximum atomic E-state index is 13.4. The second kappa shape index (κ2) is 6.68. The van der Waals surface area contributed by atoms with Crippen molar-refractivity contribution in [3.63, 3.8) is 0 Å². The molecule has 1 saturated carbocycles. The largest absolute Gasteiger partial charge is 0.374 e. The van der Waals surface area contributed by atoms with Crippen LogP contribution in [0, 0.1) is 12.7 Å². The van der Waals surface area contributed by atoms with Crippen LogP contribution in [0.4, 0.5) is 4.39 Å². The van der Waals surface area contributed by atoms with Gasteiger partial charge in [0, 0.05) is 12.6 Å². The molecule has 0 saturated heterocycles. The molecule has 1 unspecified atom stereocenters. The normalized spacial score (nSPS) is 19.8. The van der Waals surface area contributed by atoms with Crippen LogP contribution in [0.1, 0.15) is 50.2 Å². The molecule has 0 aromatic heterocycles. The molecule has 2 N–H and O–H groups in total. The smallest absolute Gasteiger partial charge is 0.123 e. The van der Waals surface area contributed by atoms with Gasteiger partial charge in [-0.15, -0.1) is 0 Å². The topological polar surface area (TPSA) is 35.2 Å². The lowest BCUT2D eigenvalue weighted by Gasteiger charge is -2.42. The van der Waals surface area contributed by atoms with E-state index in [-0.39, 0.29) is 17.5 Å². The van der Waals surface area contributed by atoms with Gasteiger partial charge in [0.05, 0.1) is 5.60 Å². The SMILES string of the molecule is CCOC1(C(N)Cc2cc(F)ccc2C)CCCCC1. The van der Waals surface area contributed by atoms with Gasteiger partial charge < -0.3 is 10.5 Å². The molecule has 112 valence electrons. The van der Waals surface area contributed by atoms with Gasteiger partial charge in [-0.2, -0.15) is 0 Å². The zero-order valence-corrected chi connectivity index (χ0v) is 12.6. The molecular formula is C17H26FNO. The molecule has 0 aliphatic heterocycles. The minimum absolute atomic E-state index is 0.0664. The predicted molar refractivity (Wildman–Crippen MR) is 80.3 cm³/mol. The van der Waals surface area contributed by atoms with Crippen molar-refractivity contribution in [2.24, 2.45) is 5.73 Å². The van der Waals surface area contributed by atoms with Gasteiger partial charge in [-0.1, -0.05) is 25.3 Å². The first-order valence-electron chi connectivity index (χ1n) is 7.72. The summed E-state index contributed by atoms with van der Waals surface area (Å²) in [5.74, 6) is -0.188. The monoisotopic (exact) mass is 279 g/mol. The molecule has 0 amide bonds. The lowest BCUT2D eigenvalue weighted by Crippen LogP contribution is -2.52. The highest BCUT2D eigenvalue weighted by Crippen LogP contribution is 2.35. The Bertz CT molecular complexity index is 435. The Morgan fingerprint density at radius 1 is 1.30 bits per heavy atom.